The minimum absolute atomic E-state index is 0.139. The summed E-state index contributed by atoms with van der Waals surface area (Å²) in [7, 11) is 0. The number of amides is 1. The molecule has 1 heterocycles. The molecule has 1 N–H and O–H groups in total. The third-order valence-electron chi connectivity index (χ3n) is 4.44. The summed E-state index contributed by atoms with van der Waals surface area (Å²) >= 11 is 0. The summed E-state index contributed by atoms with van der Waals surface area (Å²) in [4.78, 5) is 14.7. The van der Waals surface area contributed by atoms with Crippen LogP contribution < -0.4 is 5.32 Å². The van der Waals surface area contributed by atoms with E-state index in [-0.39, 0.29) is 5.91 Å². The number of carbonyl (C=O) groups is 1. The summed E-state index contributed by atoms with van der Waals surface area (Å²) in [6.07, 6.45) is 9.78. The third-order valence-corrected chi connectivity index (χ3v) is 4.44. The second-order valence-electron chi connectivity index (χ2n) is 6.16. The van der Waals surface area contributed by atoms with Gasteiger partial charge in [0.1, 0.15) is 0 Å². The van der Waals surface area contributed by atoms with Crippen LogP contribution in [0.2, 0.25) is 0 Å². The molecular weight excluding hydrogens is 260 g/mol. The first kappa shape index (κ1) is 14.3. The Morgan fingerprint density at radius 2 is 2.05 bits per heavy atom. The van der Waals surface area contributed by atoms with Crippen LogP contribution in [0.25, 0.3) is 0 Å². The highest BCUT2D eigenvalue weighted by atomic mass is 16.1. The fourth-order valence-corrected chi connectivity index (χ4v) is 3.27. The lowest BCUT2D eigenvalue weighted by Crippen LogP contribution is -2.21. The van der Waals surface area contributed by atoms with Gasteiger partial charge >= 0.3 is 0 Å². The molecule has 21 heavy (non-hydrogen) atoms. The molecule has 1 aromatic carbocycles. The molecule has 0 aromatic heterocycles. The van der Waals surface area contributed by atoms with Gasteiger partial charge < -0.3 is 5.32 Å². The number of likely N-dealkylation sites (tertiary alicyclic amines) is 1. The van der Waals surface area contributed by atoms with Crippen molar-refractivity contribution in [2.24, 2.45) is 5.92 Å². The summed E-state index contributed by atoms with van der Waals surface area (Å²) in [6.45, 7) is 3.30. The van der Waals surface area contributed by atoms with Crippen LogP contribution in [0.5, 0.6) is 0 Å². The number of carbonyl (C=O) groups excluding carboxylic acids is 1. The van der Waals surface area contributed by atoms with Gasteiger partial charge in [-0.2, -0.15) is 0 Å². The van der Waals surface area contributed by atoms with E-state index in [4.69, 9.17) is 0 Å². The van der Waals surface area contributed by atoms with E-state index in [1.54, 1.807) is 0 Å². The smallest absolute Gasteiger partial charge is 0.224 e. The van der Waals surface area contributed by atoms with Crippen LogP contribution >= 0.6 is 0 Å². The summed E-state index contributed by atoms with van der Waals surface area (Å²) in [6, 6.07) is 8.20. The number of hydrogen-bond donors (Lipinski definition) is 1. The minimum atomic E-state index is 0.139. The number of allylic oxidation sites excluding steroid dienone is 2. The number of nitrogens with zero attached hydrogens (tertiary/aromatic N) is 1. The van der Waals surface area contributed by atoms with Crippen molar-refractivity contribution < 1.29 is 4.79 Å². The van der Waals surface area contributed by atoms with Crippen LogP contribution in [-0.2, 0) is 11.3 Å². The van der Waals surface area contributed by atoms with Crippen molar-refractivity contribution in [1.82, 2.24) is 4.90 Å². The van der Waals surface area contributed by atoms with Crippen molar-refractivity contribution in [1.29, 1.82) is 0 Å². The monoisotopic (exact) mass is 284 g/mol. The van der Waals surface area contributed by atoms with Gasteiger partial charge in [-0.05, 0) is 56.3 Å². The molecular formula is C18H24N2O. The first-order chi connectivity index (χ1) is 10.3. The second kappa shape index (κ2) is 6.90. The number of rotatable bonds is 5. The summed E-state index contributed by atoms with van der Waals surface area (Å²) in [5.41, 5.74) is 2.21. The van der Waals surface area contributed by atoms with Crippen LogP contribution in [0.15, 0.2) is 36.4 Å². The summed E-state index contributed by atoms with van der Waals surface area (Å²) in [5.74, 6) is 0.566. The quantitative estimate of drug-likeness (QED) is 0.838. The fourth-order valence-electron chi connectivity index (χ4n) is 3.27. The molecule has 2 aliphatic rings. The van der Waals surface area contributed by atoms with Crippen LogP contribution in [0.1, 0.15) is 37.7 Å². The van der Waals surface area contributed by atoms with E-state index < -0.39 is 0 Å². The predicted octanol–water partition coefficient (Wildman–Crippen LogP) is 3.58. The number of anilines is 1. The van der Waals surface area contributed by atoms with Crippen LogP contribution in [-0.4, -0.2) is 23.9 Å². The first-order valence-corrected chi connectivity index (χ1v) is 8.08. The molecule has 1 aliphatic heterocycles. The zero-order valence-electron chi connectivity index (χ0n) is 12.6. The van der Waals surface area contributed by atoms with Crippen molar-refractivity contribution in [3.63, 3.8) is 0 Å². The Hall–Kier alpha value is -1.61. The maximum atomic E-state index is 12.2. The average Bonchev–Trinajstić information content (AvgIpc) is 3.14. The summed E-state index contributed by atoms with van der Waals surface area (Å²) < 4.78 is 0. The van der Waals surface area contributed by atoms with Gasteiger partial charge in [0.05, 0.1) is 0 Å². The van der Waals surface area contributed by atoms with Gasteiger partial charge in [0.15, 0.2) is 0 Å². The van der Waals surface area contributed by atoms with Gasteiger partial charge in [-0.3, -0.25) is 9.69 Å². The number of benzene rings is 1. The van der Waals surface area contributed by atoms with Crippen LogP contribution in [0.4, 0.5) is 5.69 Å². The highest BCUT2D eigenvalue weighted by molar-refractivity contribution is 5.91. The molecule has 0 radical (unpaired) electrons. The molecule has 3 heteroatoms. The van der Waals surface area contributed by atoms with E-state index in [9.17, 15) is 4.79 Å². The van der Waals surface area contributed by atoms with Gasteiger partial charge in [0, 0.05) is 18.7 Å². The van der Waals surface area contributed by atoms with E-state index >= 15 is 0 Å². The Kier molecular flexibility index (Phi) is 4.71. The van der Waals surface area contributed by atoms with Gasteiger partial charge in [-0.15, -0.1) is 0 Å². The Morgan fingerprint density at radius 3 is 2.81 bits per heavy atom. The van der Waals surface area contributed by atoms with Crippen LogP contribution in [0, 0.1) is 5.92 Å². The zero-order valence-corrected chi connectivity index (χ0v) is 12.6. The van der Waals surface area contributed by atoms with Gasteiger partial charge in [0.25, 0.3) is 0 Å². The van der Waals surface area contributed by atoms with Crippen molar-refractivity contribution in [3.8, 4) is 0 Å². The SMILES string of the molecule is O=C(CC1C=CCC1)Nc1ccccc1CN1CCCC1. The highest BCUT2D eigenvalue weighted by Crippen LogP contribution is 2.23. The fraction of sp³-hybridized carbons (Fsp3) is 0.500. The highest BCUT2D eigenvalue weighted by Gasteiger charge is 2.17. The van der Waals surface area contributed by atoms with Gasteiger partial charge in [0.2, 0.25) is 5.91 Å². The van der Waals surface area contributed by atoms with E-state index in [0.29, 0.717) is 12.3 Å². The van der Waals surface area contributed by atoms with Crippen molar-refractivity contribution in [2.75, 3.05) is 18.4 Å². The minimum Gasteiger partial charge on any atom is -0.326 e. The van der Waals surface area contributed by atoms with E-state index in [0.717, 1.165) is 25.1 Å². The topological polar surface area (TPSA) is 32.3 Å². The lowest BCUT2D eigenvalue weighted by atomic mass is 10.0. The number of hydrogen-bond acceptors (Lipinski definition) is 2. The maximum Gasteiger partial charge on any atom is 0.224 e. The Labute approximate surface area is 127 Å². The predicted molar refractivity (Wildman–Crippen MR) is 86.1 cm³/mol. The molecule has 1 aliphatic carbocycles. The van der Waals surface area contributed by atoms with Crippen LogP contribution in [0.3, 0.4) is 0 Å². The standard InChI is InChI=1S/C18H24N2O/c21-18(13-15-7-1-2-8-15)19-17-10-4-3-9-16(17)14-20-11-5-6-12-20/h1,3-4,7,9-10,15H,2,5-6,8,11-14H2,(H,19,21). The molecule has 1 amide bonds. The molecule has 1 fully saturated rings. The molecule has 112 valence electrons. The van der Waals surface area contributed by atoms with Crippen molar-refractivity contribution in [3.05, 3.63) is 42.0 Å². The van der Waals surface area contributed by atoms with Crippen molar-refractivity contribution >= 4 is 11.6 Å². The maximum absolute atomic E-state index is 12.2. The largest absolute Gasteiger partial charge is 0.326 e. The number of nitrogens with one attached hydrogen (secondary N) is 1. The average molecular weight is 284 g/mol. The second-order valence-corrected chi connectivity index (χ2v) is 6.16. The molecule has 1 unspecified atom stereocenters. The molecule has 0 spiro atoms. The molecule has 0 saturated carbocycles. The first-order valence-electron chi connectivity index (χ1n) is 8.08. The Morgan fingerprint density at radius 1 is 1.24 bits per heavy atom. The molecule has 3 rings (SSSR count). The van der Waals surface area contributed by atoms with E-state index in [1.165, 1.54) is 31.5 Å². The lowest BCUT2D eigenvalue weighted by molar-refractivity contribution is -0.116. The number of para-hydroxylation sites is 1. The van der Waals surface area contributed by atoms with E-state index in [2.05, 4.69) is 34.5 Å². The normalized spacial score (nSPS) is 21.8. The van der Waals surface area contributed by atoms with Gasteiger partial charge in [-0.25, -0.2) is 0 Å². The molecule has 1 aromatic rings. The van der Waals surface area contributed by atoms with Crippen molar-refractivity contribution in [2.45, 2.75) is 38.6 Å². The molecule has 1 saturated heterocycles. The summed E-state index contributed by atoms with van der Waals surface area (Å²) in [5, 5.41) is 3.11. The van der Waals surface area contributed by atoms with Gasteiger partial charge in [-0.1, -0.05) is 30.4 Å². The molecule has 0 bridgehead atoms. The lowest BCUT2D eigenvalue weighted by Gasteiger charge is -2.18. The molecule has 1 atom stereocenters. The zero-order chi connectivity index (χ0) is 14.5. The van der Waals surface area contributed by atoms with E-state index in [1.807, 2.05) is 12.1 Å². The third kappa shape index (κ3) is 3.94. The molecule has 3 nitrogen and oxygen atoms in total. The Balaban J connectivity index is 1.61. The Bertz CT molecular complexity index is 518.